The van der Waals surface area contributed by atoms with E-state index in [2.05, 4.69) is 22.9 Å². The fourth-order valence-corrected chi connectivity index (χ4v) is 2.63. The van der Waals surface area contributed by atoms with E-state index in [1.54, 1.807) is 0 Å². The van der Waals surface area contributed by atoms with Gasteiger partial charge < -0.3 is 16.4 Å². The van der Waals surface area contributed by atoms with Gasteiger partial charge in [0.1, 0.15) is 4.99 Å². The molecule has 0 saturated heterocycles. The van der Waals surface area contributed by atoms with Gasteiger partial charge in [0.15, 0.2) is 0 Å². The van der Waals surface area contributed by atoms with Crippen LogP contribution in [-0.2, 0) is 4.79 Å². The number of amides is 1. The molecule has 4 nitrogen and oxygen atoms in total. The van der Waals surface area contributed by atoms with E-state index >= 15 is 0 Å². The number of rotatable bonds is 7. The third kappa shape index (κ3) is 4.80. The number of halogens is 1. The fraction of sp³-hybridized carbons (Fsp3) is 0.385. The molecule has 4 N–H and O–H groups in total. The Bertz CT molecular complexity index is 479. The average molecular weight is 344 g/mol. The lowest BCUT2D eigenvalue weighted by atomic mass is 10.2. The summed E-state index contributed by atoms with van der Waals surface area (Å²) in [6, 6.07) is 5.66. The number of hydrogen-bond donors (Lipinski definition) is 2. The van der Waals surface area contributed by atoms with Gasteiger partial charge in [0.25, 0.3) is 0 Å². The molecule has 1 amide bonds. The van der Waals surface area contributed by atoms with Crippen LogP contribution in [0.15, 0.2) is 22.7 Å². The molecule has 0 bridgehead atoms. The number of unbranched alkanes of at least 4 members (excludes halogenated alkanes) is 1. The number of thiocarbonyl (C=S) groups is 1. The third-order valence-electron chi connectivity index (χ3n) is 2.71. The molecule has 0 aliphatic heterocycles. The van der Waals surface area contributed by atoms with Gasteiger partial charge in [-0.15, -0.1) is 0 Å². The van der Waals surface area contributed by atoms with Crippen LogP contribution < -0.4 is 16.4 Å². The fourth-order valence-electron chi connectivity index (χ4n) is 1.74. The maximum Gasteiger partial charge on any atom is 0.236 e. The third-order valence-corrected chi connectivity index (χ3v) is 3.59. The molecule has 6 heteroatoms. The van der Waals surface area contributed by atoms with Crippen molar-refractivity contribution in [2.45, 2.75) is 19.8 Å². The zero-order valence-corrected chi connectivity index (χ0v) is 13.3. The predicted octanol–water partition coefficient (Wildman–Crippen LogP) is 2.18. The second-order valence-corrected chi connectivity index (χ2v) is 5.56. The van der Waals surface area contributed by atoms with Gasteiger partial charge in [-0.25, -0.2) is 0 Å². The molecule has 0 spiro atoms. The molecular weight excluding hydrogens is 326 g/mol. The second-order valence-electron chi connectivity index (χ2n) is 4.27. The van der Waals surface area contributed by atoms with E-state index in [0.29, 0.717) is 4.99 Å². The van der Waals surface area contributed by atoms with Gasteiger partial charge in [-0.2, -0.15) is 0 Å². The van der Waals surface area contributed by atoms with Crippen LogP contribution in [-0.4, -0.2) is 24.0 Å². The minimum Gasteiger partial charge on any atom is -0.389 e. The van der Waals surface area contributed by atoms with E-state index in [9.17, 15) is 4.79 Å². The Labute approximate surface area is 127 Å². The van der Waals surface area contributed by atoms with Crippen molar-refractivity contribution in [3.8, 4) is 0 Å². The van der Waals surface area contributed by atoms with Gasteiger partial charge >= 0.3 is 0 Å². The van der Waals surface area contributed by atoms with E-state index in [-0.39, 0.29) is 12.5 Å². The molecule has 0 aliphatic carbocycles. The first-order chi connectivity index (χ1) is 8.95. The summed E-state index contributed by atoms with van der Waals surface area (Å²) in [6.45, 7) is 3.10. The standard InChI is InChI=1S/C13H18BrN3OS/c1-2-3-6-17(8-12(15)18)9-4-5-10(13(16)19)11(14)7-9/h4-5,7H,2-3,6,8H2,1H3,(H2,15,18)(H2,16,19). The van der Waals surface area contributed by atoms with E-state index in [1.165, 1.54) is 0 Å². The second kappa shape index (κ2) is 7.45. The topological polar surface area (TPSA) is 72.3 Å². The van der Waals surface area contributed by atoms with Crippen LogP contribution in [0.4, 0.5) is 5.69 Å². The van der Waals surface area contributed by atoms with Crippen LogP contribution in [0.2, 0.25) is 0 Å². The highest BCUT2D eigenvalue weighted by molar-refractivity contribution is 9.10. The van der Waals surface area contributed by atoms with Crippen LogP contribution in [0.1, 0.15) is 25.3 Å². The quantitative estimate of drug-likeness (QED) is 0.744. The highest BCUT2D eigenvalue weighted by atomic mass is 79.9. The van der Waals surface area contributed by atoms with E-state index in [0.717, 1.165) is 35.1 Å². The van der Waals surface area contributed by atoms with Gasteiger partial charge in [0.2, 0.25) is 5.91 Å². The molecule has 0 radical (unpaired) electrons. The Morgan fingerprint density at radius 2 is 2.11 bits per heavy atom. The summed E-state index contributed by atoms with van der Waals surface area (Å²) in [7, 11) is 0. The van der Waals surface area contributed by atoms with E-state index in [4.69, 9.17) is 23.7 Å². The van der Waals surface area contributed by atoms with Crippen molar-refractivity contribution in [2.75, 3.05) is 18.0 Å². The first-order valence-electron chi connectivity index (χ1n) is 6.08. The molecule has 0 atom stereocenters. The highest BCUT2D eigenvalue weighted by Crippen LogP contribution is 2.24. The molecule has 0 saturated carbocycles. The number of nitrogens with zero attached hydrogens (tertiary/aromatic N) is 1. The molecule has 0 aliphatic rings. The van der Waals surface area contributed by atoms with E-state index in [1.807, 2.05) is 23.1 Å². The van der Waals surface area contributed by atoms with Crippen molar-refractivity contribution in [2.24, 2.45) is 11.5 Å². The lowest BCUT2D eigenvalue weighted by Crippen LogP contribution is -2.34. The first-order valence-corrected chi connectivity index (χ1v) is 7.28. The van der Waals surface area contributed by atoms with Crippen LogP contribution >= 0.6 is 28.1 Å². The number of carbonyl (C=O) groups is 1. The van der Waals surface area contributed by atoms with E-state index < -0.39 is 0 Å². The summed E-state index contributed by atoms with van der Waals surface area (Å²) in [5, 5.41) is 0. The van der Waals surface area contributed by atoms with Crippen molar-refractivity contribution in [1.29, 1.82) is 0 Å². The maximum absolute atomic E-state index is 11.1. The summed E-state index contributed by atoms with van der Waals surface area (Å²) < 4.78 is 0.823. The molecule has 0 unspecified atom stereocenters. The molecule has 0 heterocycles. The lowest BCUT2D eigenvalue weighted by molar-refractivity contribution is -0.116. The number of nitrogens with two attached hydrogens (primary N) is 2. The van der Waals surface area contributed by atoms with Gasteiger partial charge in [-0.3, -0.25) is 4.79 Å². The normalized spacial score (nSPS) is 10.2. The summed E-state index contributed by atoms with van der Waals surface area (Å²) in [5.74, 6) is -0.342. The van der Waals surface area contributed by atoms with Crippen molar-refractivity contribution >= 4 is 44.7 Å². The molecule has 1 aromatic carbocycles. The molecule has 1 rings (SSSR count). The minimum absolute atomic E-state index is 0.207. The van der Waals surface area contributed by atoms with Gasteiger partial charge in [0, 0.05) is 22.3 Å². The SMILES string of the molecule is CCCCN(CC(N)=O)c1ccc(C(N)=S)c(Br)c1. The van der Waals surface area contributed by atoms with Crippen molar-refractivity contribution in [3.63, 3.8) is 0 Å². The smallest absolute Gasteiger partial charge is 0.236 e. The summed E-state index contributed by atoms with van der Waals surface area (Å²) in [6.07, 6.45) is 2.06. The van der Waals surface area contributed by atoms with Crippen molar-refractivity contribution in [3.05, 3.63) is 28.2 Å². The number of carbonyl (C=O) groups excluding carboxylic acids is 1. The molecule has 1 aromatic rings. The summed E-state index contributed by atoms with van der Waals surface area (Å²) in [4.78, 5) is 13.4. The van der Waals surface area contributed by atoms with Gasteiger partial charge in [0.05, 0.1) is 6.54 Å². The van der Waals surface area contributed by atoms with Crippen molar-refractivity contribution in [1.82, 2.24) is 0 Å². The first kappa shape index (κ1) is 15.9. The van der Waals surface area contributed by atoms with Crippen LogP contribution in [0.25, 0.3) is 0 Å². The number of hydrogen-bond acceptors (Lipinski definition) is 3. The summed E-state index contributed by atoms with van der Waals surface area (Å²) in [5.41, 5.74) is 12.6. The molecule has 19 heavy (non-hydrogen) atoms. The Morgan fingerprint density at radius 1 is 1.42 bits per heavy atom. The molecular formula is C13H18BrN3OS. The number of anilines is 1. The van der Waals surface area contributed by atoms with Crippen LogP contribution in [0.5, 0.6) is 0 Å². The maximum atomic E-state index is 11.1. The van der Waals surface area contributed by atoms with Gasteiger partial charge in [-0.05, 0) is 40.5 Å². The Morgan fingerprint density at radius 3 is 2.58 bits per heavy atom. The van der Waals surface area contributed by atoms with Crippen LogP contribution in [0, 0.1) is 0 Å². The summed E-state index contributed by atoms with van der Waals surface area (Å²) >= 11 is 8.40. The number of benzene rings is 1. The van der Waals surface area contributed by atoms with Gasteiger partial charge in [-0.1, -0.05) is 25.6 Å². The zero-order valence-electron chi connectivity index (χ0n) is 10.9. The Kier molecular flexibility index (Phi) is 6.24. The van der Waals surface area contributed by atoms with Crippen molar-refractivity contribution < 1.29 is 4.79 Å². The predicted molar refractivity (Wildman–Crippen MR) is 86.3 cm³/mol. The average Bonchev–Trinajstić information content (AvgIpc) is 2.33. The molecule has 0 aromatic heterocycles. The molecule has 0 fully saturated rings. The lowest BCUT2D eigenvalue weighted by Gasteiger charge is -2.23. The minimum atomic E-state index is -0.342. The Balaban J connectivity index is 2.98. The highest BCUT2D eigenvalue weighted by Gasteiger charge is 2.11. The largest absolute Gasteiger partial charge is 0.389 e. The monoisotopic (exact) mass is 343 g/mol. The zero-order chi connectivity index (χ0) is 14.4. The molecule has 104 valence electrons. The van der Waals surface area contributed by atoms with Crippen LogP contribution in [0.3, 0.4) is 0 Å². The Hall–Kier alpha value is -1.14. The number of primary amides is 1.